The van der Waals surface area contributed by atoms with E-state index in [1.807, 2.05) is 6.92 Å². The molecular formula is C16H32O4. The first-order chi connectivity index (χ1) is 9.70. The Bertz CT molecular complexity index is 219. The van der Waals surface area contributed by atoms with E-state index in [1.54, 1.807) is 7.11 Å². The molecule has 0 saturated carbocycles. The van der Waals surface area contributed by atoms with Gasteiger partial charge in [-0.15, -0.1) is 0 Å². The van der Waals surface area contributed by atoms with Gasteiger partial charge >= 0.3 is 5.97 Å². The Hall–Kier alpha value is -0.610. The largest absolute Gasteiger partial charge is 0.463 e. The van der Waals surface area contributed by atoms with Gasteiger partial charge in [0.05, 0.1) is 6.61 Å². The quantitative estimate of drug-likeness (QED) is 0.274. The Kier molecular flexibility index (Phi) is 14.3. The zero-order valence-corrected chi connectivity index (χ0v) is 13.5. The molecule has 4 nitrogen and oxygen atoms in total. The van der Waals surface area contributed by atoms with Gasteiger partial charge in [0.15, 0.2) is 6.29 Å². The predicted molar refractivity (Wildman–Crippen MR) is 80.6 cm³/mol. The van der Waals surface area contributed by atoms with Crippen molar-refractivity contribution < 1.29 is 19.0 Å². The molecule has 1 atom stereocenters. The maximum atomic E-state index is 11.4. The van der Waals surface area contributed by atoms with Crippen LogP contribution in [0, 0.1) is 0 Å². The molecule has 0 aliphatic heterocycles. The molecule has 0 spiro atoms. The van der Waals surface area contributed by atoms with Crippen molar-refractivity contribution in [2.75, 3.05) is 20.3 Å². The second kappa shape index (κ2) is 14.8. The first-order valence-corrected chi connectivity index (χ1v) is 8.00. The molecule has 4 heteroatoms. The number of unbranched alkanes of at least 4 members (excludes halogenated alkanes) is 7. The van der Waals surface area contributed by atoms with E-state index in [0.29, 0.717) is 19.6 Å². The van der Waals surface area contributed by atoms with E-state index < -0.39 is 0 Å². The lowest BCUT2D eigenvalue weighted by atomic mass is 10.1. The molecule has 0 saturated heterocycles. The highest BCUT2D eigenvalue weighted by molar-refractivity contribution is 5.69. The molecule has 1 unspecified atom stereocenters. The molecule has 0 amide bonds. The van der Waals surface area contributed by atoms with Gasteiger partial charge in [0.2, 0.25) is 0 Å². The van der Waals surface area contributed by atoms with Crippen molar-refractivity contribution in [3.8, 4) is 0 Å². The van der Waals surface area contributed by atoms with E-state index in [-0.39, 0.29) is 12.3 Å². The van der Waals surface area contributed by atoms with Gasteiger partial charge in [-0.25, -0.2) is 0 Å². The summed E-state index contributed by atoms with van der Waals surface area (Å²) < 4.78 is 15.2. The van der Waals surface area contributed by atoms with Gasteiger partial charge in [-0.3, -0.25) is 4.79 Å². The normalized spacial score (nSPS) is 12.3. The second-order valence-electron chi connectivity index (χ2n) is 5.12. The molecule has 0 radical (unpaired) electrons. The zero-order chi connectivity index (χ0) is 15.1. The smallest absolute Gasteiger partial charge is 0.305 e. The van der Waals surface area contributed by atoms with Crippen LogP contribution in [0.15, 0.2) is 0 Å². The molecule has 0 aromatic carbocycles. The van der Waals surface area contributed by atoms with E-state index in [9.17, 15) is 4.79 Å². The van der Waals surface area contributed by atoms with Crippen molar-refractivity contribution in [1.29, 1.82) is 0 Å². The summed E-state index contributed by atoms with van der Waals surface area (Å²) in [6.45, 7) is 4.73. The summed E-state index contributed by atoms with van der Waals surface area (Å²) in [6, 6.07) is 0. The van der Waals surface area contributed by atoms with Crippen LogP contribution in [-0.4, -0.2) is 32.6 Å². The number of rotatable bonds is 14. The van der Waals surface area contributed by atoms with Crippen molar-refractivity contribution >= 4 is 5.97 Å². The highest BCUT2D eigenvalue weighted by Gasteiger charge is 2.03. The van der Waals surface area contributed by atoms with Crippen LogP contribution in [0.5, 0.6) is 0 Å². The van der Waals surface area contributed by atoms with E-state index in [0.717, 1.165) is 12.8 Å². The molecule has 0 aromatic rings. The van der Waals surface area contributed by atoms with Crippen molar-refractivity contribution in [2.24, 2.45) is 0 Å². The van der Waals surface area contributed by atoms with Gasteiger partial charge in [0, 0.05) is 13.5 Å². The molecular weight excluding hydrogens is 256 g/mol. The molecule has 0 rings (SSSR count). The summed E-state index contributed by atoms with van der Waals surface area (Å²) in [6.07, 6.45) is 10.2. The number of carbonyl (C=O) groups is 1. The average molecular weight is 288 g/mol. The number of methoxy groups -OCH3 is 1. The van der Waals surface area contributed by atoms with Gasteiger partial charge in [-0.05, 0) is 13.3 Å². The molecule has 0 aliphatic carbocycles. The number of hydrogen-bond acceptors (Lipinski definition) is 4. The zero-order valence-electron chi connectivity index (χ0n) is 13.5. The number of ether oxygens (including phenoxy) is 3. The van der Waals surface area contributed by atoms with Crippen LogP contribution in [-0.2, 0) is 19.0 Å². The van der Waals surface area contributed by atoms with Crippen LogP contribution in [0.3, 0.4) is 0 Å². The third-order valence-corrected chi connectivity index (χ3v) is 3.27. The van der Waals surface area contributed by atoms with Crippen LogP contribution in [0.4, 0.5) is 0 Å². The third-order valence-electron chi connectivity index (χ3n) is 3.27. The van der Waals surface area contributed by atoms with Crippen LogP contribution >= 0.6 is 0 Å². The molecule has 0 aliphatic rings. The summed E-state index contributed by atoms with van der Waals surface area (Å²) in [4.78, 5) is 11.4. The summed E-state index contributed by atoms with van der Waals surface area (Å²) >= 11 is 0. The Morgan fingerprint density at radius 2 is 1.55 bits per heavy atom. The van der Waals surface area contributed by atoms with Gasteiger partial charge in [0.1, 0.15) is 6.61 Å². The predicted octanol–water partition coefficient (Wildman–Crippen LogP) is 4.07. The SMILES string of the molecule is CCCCCCCCCCC(=O)OCCOC(C)OC. The van der Waals surface area contributed by atoms with Crippen molar-refractivity contribution in [3.63, 3.8) is 0 Å². The Labute approximate surface area is 124 Å². The summed E-state index contributed by atoms with van der Waals surface area (Å²) in [5.41, 5.74) is 0. The molecule has 0 heterocycles. The maximum absolute atomic E-state index is 11.4. The van der Waals surface area contributed by atoms with Gasteiger partial charge in [0.25, 0.3) is 0 Å². The van der Waals surface area contributed by atoms with Crippen molar-refractivity contribution in [3.05, 3.63) is 0 Å². The van der Waals surface area contributed by atoms with Gasteiger partial charge in [-0.1, -0.05) is 51.9 Å². The molecule has 120 valence electrons. The minimum atomic E-state index is -0.249. The highest BCUT2D eigenvalue weighted by Crippen LogP contribution is 2.09. The lowest BCUT2D eigenvalue weighted by Gasteiger charge is -2.10. The molecule has 20 heavy (non-hydrogen) atoms. The van der Waals surface area contributed by atoms with E-state index in [2.05, 4.69) is 6.92 Å². The van der Waals surface area contributed by atoms with E-state index in [4.69, 9.17) is 14.2 Å². The van der Waals surface area contributed by atoms with Crippen LogP contribution in [0.2, 0.25) is 0 Å². The highest BCUT2D eigenvalue weighted by atomic mass is 16.7. The van der Waals surface area contributed by atoms with Crippen LogP contribution in [0.25, 0.3) is 0 Å². The van der Waals surface area contributed by atoms with Crippen molar-refractivity contribution in [1.82, 2.24) is 0 Å². The first kappa shape index (κ1) is 19.4. The molecule has 0 aromatic heterocycles. The summed E-state index contributed by atoms with van der Waals surface area (Å²) in [5.74, 6) is -0.121. The maximum Gasteiger partial charge on any atom is 0.305 e. The number of esters is 1. The summed E-state index contributed by atoms with van der Waals surface area (Å²) in [5, 5.41) is 0. The Morgan fingerprint density at radius 3 is 2.15 bits per heavy atom. The van der Waals surface area contributed by atoms with E-state index in [1.165, 1.54) is 38.5 Å². The fraction of sp³-hybridized carbons (Fsp3) is 0.938. The minimum absolute atomic E-state index is 0.121. The van der Waals surface area contributed by atoms with Crippen LogP contribution < -0.4 is 0 Å². The fourth-order valence-corrected chi connectivity index (χ4v) is 1.91. The fourth-order valence-electron chi connectivity index (χ4n) is 1.91. The molecule has 0 N–H and O–H groups in total. The number of carbonyl (C=O) groups excluding carboxylic acids is 1. The standard InChI is InChI=1S/C16H32O4/c1-4-5-6-7-8-9-10-11-12-16(17)20-14-13-19-15(2)18-3/h15H,4-14H2,1-3H3. The first-order valence-electron chi connectivity index (χ1n) is 8.00. The molecule has 0 bridgehead atoms. The summed E-state index contributed by atoms with van der Waals surface area (Å²) in [7, 11) is 1.58. The Morgan fingerprint density at radius 1 is 0.950 bits per heavy atom. The third kappa shape index (κ3) is 13.8. The van der Waals surface area contributed by atoms with Crippen LogP contribution in [0.1, 0.15) is 71.6 Å². The monoisotopic (exact) mass is 288 g/mol. The average Bonchev–Trinajstić information content (AvgIpc) is 2.46. The lowest BCUT2D eigenvalue weighted by Crippen LogP contribution is -2.16. The van der Waals surface area contributed by atoms with Gasteiger partial charge in [-0.2, -0.15) is 0 Å². The molecule has 0 fully saturated rings. The number of hydrogen-bond donors (Lipinski definition) is 0. The van der Waals surface area contributed by atoms with E-state index >= 15 is 0 Å². The minimum Gasteiger partial charge on any atom is -0.463 e. The topological polar surface area (TPSA) is 44.8 Å². The lowest BCUT2D eigenvalue weighted by molar-refractivity contribution is -0.152. The Balaban J connectivity index is 3.20. The second-order valence-corrected chi connectivity index (χ2v) is 5.12. The van der Waals surface area contributed by atoms with Gasteiger partial charge < -0.3 is 14.2 Å². The van der Waals surface area contributed by atoms with Crippen molar-refractivity contribution in [2.45, 2.75) is 77.9 Å².